The fourth-order valence-electron chi connectivity index (χ4n) is 2.04. The summed E-state index contributed by atoms with van der Waals surface area (Å²) < 4.78 is 0. The van der Waals surface area contributed by atoms with Crippen LogP contribution in [0.2, 0.25) is 0 Å². The standard InChI is InChI=1S/C9H13BN6/c1-2-11-4-10-7(1)15-8-6-3-14-16-9(6)13-5-12-8/h3,5,7,10-11H,1-2,4H2,(H2,12,13,14,15,16). The molecule has 1 aliphatic rings. The summed E-state index contributed by atoms with van der Waals surface area (Å²) in [6.07, 6.45) is 5.52. The monoisotopic (exact) mass is 216 g/mol. The summed E-state index contributed by atoms with van der Waals surface area (Å²) in [4.78, 5) is 8.38. The fraction of sp³-hybridized carbons (Fsp3) is 0.444. The predicted octanol–water partition coefficient (Wildman–Crippen LogP) is -0.522. The largest absolute Gasteiger partial charge is 0.374 e. The molecule has 0 amide bonds. The number of anilines is 1. The van der Waals surface area contributed by atoms with Gasteiger partial charge in [-0.15, -0.1) is 0 Å². The van der Waals surface area contributed by atoms with E-state index >= 15 is 0 Å². The Morgan fingerprint density at radius 1 is 1.44 bits per heavy atom. The SMILES string of the molecule is B1CNCCC1Nc1ncnc2[nH]ncc12. The Kier molecular flexibility index (Phi) is 2.45. The molecule has 0 spiro atoms. The van der Waals surface area contributed by atoms with Crippen molar-refractivity contribution in [3.8, 4) is 0 Å². The lowest BCUT2D eigenvalue weighted by Gasteiger charge is -2.23. The van der Waals surface area contributed by atoms with Gasteiger partial charge in [0.1, 0.15) is 12.1 Å². The van der Waals surface area contributed by atoms with Gasteiger partial charge in [-0.3, -0.25) is 5.10 Å². The van der Waals surface area contributed by atoms with Crippen molar-refractivity contribution in [2.24, 2.45) is 0 Å². The molecule has 16 heavy (non-hydrogen) atoms. The minimum absolute atomic E-state index is 0.495. The molecular weight excluding hydrogens is 203 g/mol. The third-order valence-electron chi connectivity index (χ3n) is 2.93. The summed E-state index contributed by atoms with van der Waals surface area (Å²) in [6.45, 7) is 1.07. The van der Waals surface area contributed by atoms with Crippen LogP contribution < -0.4 is 10.6 Å². The van der Waals surface area contributed by atoms with Crippen molar-refractivity contribution in [1.29, 1.82) is 0 Å². The number of hydrogen-bond donors (Lipinski definition) is 3. The van der Waals surface area contributed by atoms with Crippen LogP contribution in [-0.4, -0.2) is 46.4 Å². The molecule has 7 heteroatoms. The summed E-state index contributed by atoms with van der Waals surface area (Å²) in [6, 6.07) is 0. The predicted molar refractivity (Wildman–Crippen MR) is 63.7 cm³/mol. The van der Waals surface area contributed by atoms with Gasteiger partial charge in [-0.1, -0.05) is 0 Å². The summed E-state index contributed by atoms with van der Waals surface area (Å²) in [5.41, 5.74) is 0.784. The molecule has 2 aromatic heterocycles. The molecule has 3 heterocycles. The van der Waals surface area contributed by atoms with Gasteiger partial charge in [-0.05, 0) is 19.4 Å². The molecule has 3 rings (SSSR count). The van der Waals surface area contributed by atoms with Gasteiger partial charge in [0.25, 0.3) is 0 Å². The van der Waals surface area contributed by atoms with Crippen LogP contribution in [0.4, 0.5) is 5.82 Å². The van der Waals surface area contributed by atoms with Crippen molar-refractivity contribution < 1.29 is 0 Å². The van der Waals surface area contributed by atoms with Crippen molar-refractivity contribution >= 4 is 24.1 Å². The second-order valence-corrected chi connectivity index (χ2v) is 4.02. The van der Waals surface area contributed by atoms with E-state index in [1.54, 1.807) is 12.5 Å². The van der Waals surface area contributed by atoms with Crippen LogP contribution in [0.3, 0.4) is 0 Å². The summed E-state index contributed by atoms with van der Waals surface area (Å²) in [7, 11) is 1.13. The molecule has 1 atom stereocenters. The first kappa shape index (κ1) is 9.59. The average molecular weight is 216 g/mol. The van der Waals surface area contributed by atoms with Crippen molar-refractivity contribution in [3.63, 3.8) is 0 Å². The van der Waals surface area contributed by atoms with Gasteiger partial charge >= 0.3 is 0 Å². The maximum absolute atomic E-state index is 4.27. The molecule has 82 valence electrons. The third kappa shape index (κ3) is 1.74. The van der Waals surface area contributed by atoms with Crippen LogP contribution in [0.1, 0.15) is 6.42 Å². The minimum atomic E-state index is 0.495. The van der Waals surface area contributed by atoms with Crippen molar-refractivity contribution in [2.45, 2.75) is 12.4 Å². The summed E-state index contributed by atoms with van der Waals surface area (Å²) >= 11 is 0. The zero-order chi connectivity index (χ0) is 10.8. The summed E-state index contributed by atoms with van der Waals surface area (Å²) in [5, 5.41) is 14.6. The number of aromatic amines is 1. The Hall–Kier alpha value is -1.63. The molecule has 0 radical (unpaired) electrons. The lowest BCUT2D eigenvalue weighted by molar-refractivity contribution is 0.662. The van der Waals surface area contributed by atoms with Gasteiger partial charge < -0.3 is 10.6 Å². The first-order valence-corrected chi connectivity index (χ1v) is 5.55. The van der Waals surface area contributed by atoms with E-state index in [1.807, 2.05) is 0 Å². The lowest BCUT2D eigenvalue weighted by Crippen LogP contribution is -2.42. The lowest BCUT2D eigenvalue weighted by atomic mass is 9.66. The molecule has 3 N–H and O–H groups in total. The second-order valence-electron chi connectivity index (χ2n) is 4.02. The Balaban J connectivity index is 1.85. The number of fused-ring (bicyclic) bond motifs is 1. The van der Waals surface area contributed by atoms with Crippen molar-refractivity contribution in [3.05, 3.63) is 12.5 Å². The Morgan fingerprint density at radius 2 is 2.44 bits per heavy atom. The molecule has 0 aromatic carbocycles. The van der Waals surface area contributed by atoms with Gasteiger partial charge in [0.15, 0.2) is 12.9 Å². The van der Waals surface area contributed by atoms with Gasteiger partial charge in [0.05, 0.1) is 11.6 Å². The zero-order valence-corrected chi connectivity index (χ0v) is 8.90. The van der Waals surface area contributed by atoms with E-state index < -0.39 is 0 Å². The molecule has 1 fully saturated rings. The molecule has 0 saturated carbocycles. The second kappa shape index (κ2) is 4.09. The number of aromatic nitrogens is 4. The Bertz CT molecular complexity index is 478. The highest BCUT2D eigenvalue weighted by Gasteiger charge is 2.16. The van der Waals surface area contributed by atoms with Crippen LogP contribution in [0, 0.1) is 0 Å². The highest BCUT2D eigenvalue weighted by Crippen LogP contribution is 2.17. The smallest absolute Gasteiger partial charge is 0.165 e. The quantitative estimate of drug-likeness (QED) is 0.588. The third-order valence-corrected chi connectivity index (χ3v) is 2.93. The van der Waals surface area contributed by atoms with Gasteiger partial charge in [-0.2, -0.15) is 5.10 Å². The molecular formula is C9H13BN6. The first-order chi connectivity index (χ1) is 7.93. The number of nitrogens with zero attached hydrogens (tertiary/aromatic N) is 3. The maximum atomic E-state index is 4.27. The number of hydrogen-bond acceptors (Lipinski definition) is 5. The molecule has 0 aliphatic carbocycles. The van der Waals surface area contributed by atoms with Crippen LogP contribution in [0.25, 0.3) is 11.0 Å². The van der Waals surface area contributed by atoms with Crippen LogP contribution in [-0.2, 0) is 0 Å². The fourth-order valence-corrected chi connectivity index (χ4v) is 2.04. The molecule has 1 saturated heterocycles. The summed E-state index contributed by atoms with van der Waals surface area (Å²) in [5.74, 6) is 1.37. The molecule has 1 aliphatic heterocycles. The molecule has 6 nitrogen and oxygen atoms in total. The number of H-pyrrole nitrogens is 1. The van der Waals surface area contributed by atoms with E-state index in [4.69, 9.17) is 0 Å². The highest BCUT2D eigenvalue weighted by molar-refractivity contribution is 6.39. The molecule has 2 aromatic rings. The maximum Gasteiger partial charge on any atom is 0.165 e. The average Bonchev–Trinajstić information content (AvgIpc) is 2.80. The van der Waals surface area contributed by atoms with Crippen LogP contribution in [0.5, 0.6) is 0 Å². The first-order valence-electron chi connectivity index (χ1n) is 5.55. The Morgan fingerprint density at radius 3 is 3.31 bits per heavy atom. The van der Waals surface area contributed by atoms with Gasteiger partial charge in [-0.25, -0.2) is 9.97 Å². The van der Waals surface area contributed by atoms with Gasteiger partial charge in [0.2, 0.25) is 0 Å². The number of rotatable bonds is 2. The number of nitrogens with one attached hydrogen (secondary N) is 3. The van der Waals surface area contributed by atoms with E-state index in [2.05, 4.69) is 30.8 Å². The van der Waals surface area contributed by atoms with Crippen molar-refractivity contribution in [2.75, 3.05) is 18.3 Å². The zero-order valence-electron chi connectivity index (χ0n) is 8.90. The Labute approximate surface area is 93.5 Å². The highest BCUT2D eigenvalue weighted by atomic mass is 15.2. The van der Waals surface area contributed by atoms with E-state index in [9.17, 15) is 0 Å². The van der Waals surface area contributed by atoms with E-state index in [1.165, 1.54) is 0 Å². The van der Waals surface area contributed by atoms with E-state index in [0.29, 0.717) is 5.94 Å². The normalized spacial score (nSPS) is 20.6. The topological polar surface area (TPSA) is 78.5 Å². The minimum Gasteiger partial charge on any atom is -0.374 e. The van der Waals surface area contributed by atoms with Gasteiger partial charge in [0, 0.05) is 5.94 Å². The van der Waals surface area contributed by atoms with Crippen LogP contribution >= 0.6 is 0 Å². The molecule has 0 bridgehead atoms. The van der Waals surface area contributed by atoms with Crippen LogP contribution in [0.15, 0.2) is 12.5 Å². The van der Waals surface area contributed by atoms with E-state index in [-0.39, 0.29) is 0 Å². The van der Waals surface area contributed by atoms with Crippen molar-refractivity contribution in [1.82, 2.24) is 25.5 Å². The van der Waals surface area contributed by atoms with E-state index in [0.717, 1.165) is 43.5 Å². The molecule has 1 unspecified atom stereocenters.